The number of rotatable bonds is 4. The number of benzene rings is 1. The van der Waals surface area contributed by atoms with Gasteiger partial charge in [-0.2, -0.15) is 0 Å². The molecule has 0 saturated carbocycles. The van der Waals surface area contributed by atoms with Crippen LogP contribution in [0.4, 0.5) is 0 Å². The fourth-order valence-corrected chi connectivity index (χ4v) is 1.87. The molecule has 0 bridgehead atoms. The summed E-state index contributed by atoms with van der Waals surface area (Å²) >= 11 is 1.07. The summed E-state index contributed by atoms with van der Waals surface area (Å²) in [7, 11) is 0. The van der Waals surface area contributed by atoms with Gasteiger partial charge in [0.1, 0.15) is 6.42 Å². The molecule has 3 nitrogen and oxygen atoms in total. The highest BCUT2D eigenvalue weighted by Gasteiger charge is 2.16. The zero-order chi connectivity index (χ0) is 13.6. The van der Waals surface area contributed by atoms with E-state index in [9.17, 15) is 9.59 Å². The summed E-state index contributed by atoms with van der Waals surface area (Å²) in [4.78, 5) is 23.9. The van der Waals surface area contributed by atoms with Gasteiger partial charge in [-0.1, -0.05) is 50.7 Å². The van der Waals surface area contributed by atoms with Crippen molar-refractivity contribution in [1.29, 1.82) is 0 Å². The highest BCUT2D eigenvalue weighted by molar-refractivity contribution is 8.13. The molecule has 0 saturated heterocycles. The van der Waals surface area contributed by atoms with E-state index in [1.165, 1.54) is 0 Å². The van der Waals surface area contributed by atoms with Crippen molar-refractivity contribution in [2.24, 2.45) is 5.41 Å². The zero-order valence-corrected chi connectivity index (χ0v) is 11.8. The number of carbonyl (C=O) groups excluding carboxylic acids is 2. The van der Waals surface area contributed by atoms with Gasteiger partial charge in [-0.05, 0) is 17.5 Å². The minimum absolute atomic E-state index is 0.0781. The van der Waals surface area contributed by atoms with Gasteiger partial charge in [0, 0.05) is 4.90 Å². The van der Waals surface area contributed by atoms with E-state index in [2.05, 4.69) is 0 Å². The number of thioether (sulfide) groups is 1. The van der Waals surface area contributed by atoms with Crippen LogP contribution >= 0.6 is 11.8 Å². The highest BCUT2D eigenvalue weighted by Crippen LogP contribution is 2.20. The van der Waals surface area contributed by atoms with Crippen LogP contribution in [-0.4, -0.2) is 17.7 Å². The van der Waals surface area contributed by atoms with Crippen LogP contribution in [0.1, 0.15) is 27.2 Å². The minimum Gasteiger partial charge on any atom is -0.465 e. The molecule has 0 atom stereocenters. The Morgan fingerprint density at radius 2 is 1.78 bits per heavy atom. The molecule has 0 aliphatic rings. The van der Waals surface area contributed by atoms with Gasteiger partial charge in [-0.25, -0.2) is 0 Å². The average molecular weight is 266 g/mol. The Hall–Kier alpha value is -1.29. The molecule has 18 heavy (non-hydrogen) atoms. The lowest BCUT2D eigenvalue weighted by Crippen LogP contribution is -2.19. The SMILES string of the molecule is CC(C)(C)COC(=O)CC(=O)Sc1ccccc1. The normalized spacial score (nSPS) is 11.1. The van der Waals surface area contributed by atoms with E-state index in [0.29, 0.717) is 6.61 Å². The Balaban J connectivity index is 2.34. The van der Waals surface area contributed by atoms with Gasteiger partial charge >= 0.3 is 5.97 Å². The molecule has 1 rings (SSSR count). The summed E-state index contributed by atoms with van der Waals surface area (Å²) in [6, 6.07) is 9.26. The van der Waals surface area contributed by atoms with Crippen molar-refractivity contribution < 1.29 is 14.3 Å². The first-order valence-corrected chi connectivity index (χ1v) is 6.60. The molecule has 1 aromatic rings. The standard InChI is InChI=1S/C14H18O3S/c1-14(2,3)10-17-12(15)9-13(16)18-11-7-5-4-6-8-11/h4-8H,9-10H2,1-3H3. The monoisotopic (exact) mass is 266 g/mol. The molecule has 0 heterocycles. The van der Waals surface area contributed by atoms with Crippen molar-refractivity contribution in [3.8, 4) is 0 Å². The molecule has 0 amide bonds. The number of hydrogen-bond donors (Lipinski definition) is 0. The Kier molecular flexibility index (Phi) is 5.41. The molecule has 0 radical (unpaired) electrons. The van der Waals surface area contributed by atoms with Crippen molar-refractivity contribution >= 4 is 22.8 Å². The molecular weight excluding hydrogens is 248 g/mol. The Labute approximate surface area is 112 Å². The third-order valence-corrected chi connectivity index (χ3v) is 2.81. The Morgan fingerprint density at radius 1 is 1.17 bits per heavy atom. The highest BCUT2D eigenvalue weighted by atomic mass is 32.2. The predicted molar refractivity (Wildman–Crippen MR) is 72.3 cm³/mol. The lowest BCUT2D eigenvalue weighted by atomic mass is 9.99. The number of carbonyl (C=O) groups is 2. The van der Waals surface area contributed by atoms with Crippen molar-refractivity contribution in [2.75, 3.05) is 6.61 Å². The second-order valence-corrected chi connectivity index (χ2v) is 6.32. The van der Waals surface area contributed by atoms with Gasteiger partial charge < -0.3 is 4.74 Å². The van der Waals surface area contributed by atoms with Crippen LogP contribution in [0.5, 0.6) is 0 Å². The smallest absolute Gasteiger partial charge is 0.314 e. The first kappa shape index (κ1) is 14.8. The summed E-state index contributed by atoms with van der Waals surface area (Å²) < 4.78 is 5.04. The second-order valence-electron chi connectivity index (χ2n) is 5.19. The molecular formula is C14H18O3S. The first-order chi connectivity index (χ1) is 8.37. The van der Waals surface area contributed by atoms with Crippen LogP contribution < -0.4 is 0 Å². The van der Waals surface area contributed by atoms with Crippen molar-refractivity contribution in [2.45, 2.75) is 32.1 Å². The quantitative estimate of drug-likeness (QED) is 0.476. The van der Waals surface area contributed by atoms with E-state index in [4.69, 9.17) is 4.74 Å². The summed E-state index contributed by atoms with van der Waals surface area (Å²) in [5.41, 5.74) is -0.0781. The largest absolute Gasteiger partial charge is 0.465 e. The molecule has 0 unspecified atom stereocenters. The van der Waals surface area contributed by atoms with Gasteiger partial charge in [-0.3, -0.25) is 9.59 Å². The van der Waals surface area contributed by atoms with Crippen LogP contribution in [-0.2, 0) is 14.3 Å². The van der Waals surface area contributed by atoms with E-state index < -0.39 is 5.97 Å². The van der Waals surface area contributed by atoms with Gasteiger partial charge in [0.15, 0.2) is 0 Å². The molecule has 0 N–H and O–H groups in total. The van der Waals surface area contributed by atoms with Crippen molar-refractivity contribution in [1.82, 2.24) is 0 Å². The van der Waals surface area contributed by atoms with Crippen LogP contribution in [0.2, 0.25) is 0 Å². The van der Waals surface area contributed by atoms with Gasteiger partial charge in [-0.15, -0.1) is 0 Å². The second kappa shape index (κ2) is 6.59. The van der Waals surface area contributed by atoms with E-state index in [-0.39, 0.29) is 17.0 Å². The molecule has 1 aromatic carbocycles. The number of esters is 1. The molecule has 0 fully saturated rings. The molecule has 0 aromatic heterocycles. The van der Waals surface area contributed by atoms with Crippen LogP contribution in [0.3, 0.4) is 0 Å². The third kappa shape index (κ3) is 6.45. The summed E-state index contributed by atoms with van der Waals surface area (Å²) in [5, 5.41) is -0.194. The van der Waals surface area contributed by atoms with Crippen molar-refractivity contribution in [3.05, 3.63) is 30.3 Å². The molecule has 98 valence electrons. The van der Waals surface area contributed by atoms with E-state index in [0.717, 1.165) is 16.7 Å². The van der Waals surface area contributed by atoms with Crippen LogP contribution in [0.15, 0.2) is 35.2 Å². The minimum atomic E-state index is -0.460. The summed E-state index contributed by atoms with van der Waals surface area (Å²) in [6.45, 7) is 6.25. The predicted octanol–water partition coefficient (Wildman–Crippen LogP) is 3.28. The lowest BCUT2D eigenvalue weighted by Gasteiger charge is -2.17. The topological polar surface area (TPSA) is 43.4 Å². The Bertz CT molecular complexity index is 407. The molecule has 0 aliphatic heterocycles. The van der Waals surface area contributed by atoms with Gasteiger partial charge in [0.2, 0.25) is 5.12 Å². The molecule has 0 spiro atoms. The van der Waals surface area contributed by atoms with Gasteiger partial charge in [0.25, 0.3) is 0 Å². The van der Waals surface area contributed by atoms with Gasteiger partial charge in [0.05, 0.1) is 6.61 Å². The van der Waals surface area contributed by atoms with Crippen LogP contribution in [0.25, 0.3) is 0 Å². The molecule has 4 heteroatoms. The van der Waals surface area contributed by atoms with Crippen LogP contribution in [0, 0.1) is 5.41 Å². The van der Waals surface area contributed by atoms with Crippen molar-refractivity contribution in [3.63, 3.8) is 0 Å². The average Bonchev–Trinajstić information content (AvgIpc) is 2.26. The summed E-state index contributed by atoms with van der Waals surface area (Å²) in [6.07, 6.45) is -0.185. The molecule has 0 aliphatic carbocycles. The zero-order valence-electron chi connectivity index (χ0n) is 10.9. The fraction of sp³-hybridized carbons (Fsp3) is 0.429. The number of hydrogen-bond acceptors (Lipinski definition) is 4. The maximum absolute atomic E-state index is 11.6. The van der Waals surface area contributed by atoms with E-state index in [1.54, 1.807) is 0 Å². The van der Waals surface area contributed by atoms with E-state index >= 15 is 0 Å². The van der Waals surface area contributed by atoms with E-state index in [1.807, 2.05) is 51.1 Å². The first-order valence-electron chi connectivity index (χ1n) is 5.78. The lowest BCUT2D eigenvalue weighted by molar-refractivity contribution is -0.147. The maximum atomic E-state index is 11.6. The Morgan fingerprint density at radius 3 is 2.33 bits per heavy atom. The fourth-order valence-electron chi connectivity index (χ4n) is 1.12. The maximum Gasteiger partial charge on any atom is 0.314 e. The summed E-state index contributed by atoms with van der Waals surface area (Å²) in [5.74, 6) is -0.460. The third-order valence-electron chi connectivity index (χ3n) is 1.93. The number of ether oxygens (including phenoxy) is 1.